The second kappa shape index (κ2) is 7.37. The second-order valence-electron chi connectivity index (χ2n) is 6.13. The van der Waals surface area contributed by atoms with E-state index in [1.807, 2.05) is 13.0 Å². The van der Waals surface area contributed by atoms with Gasteiger partial charge in [0, 0.05) is 18.7 Å². The molecule has 6 nitrogen and oxygen atoms in total. The number of hydrogen-bond donors (Lipinski definition) is 1. The summed E-state index contributed by atoms with van der Waals surface area (Å²) < 4.78 is 32.9. The van der Waals surface area contributed by atoms with Gasteiger partial charge in [0.05, 0.1) is 17.7 Å². The molecular formula is C19H22N2O4S. The van der Waals surface area contributed by atoms with Crippen LogP contribution in [0.15, 0.2) is 47.4 Å². The standard InChI is InChI=1S/C19H22N2O4S/c1-3-19(22)21-12-4-5-14-6-7-15(13-18(14)21)20-26(23,24)17-10-8-16(25-2)9-11-17/h6-11,13,20H,3-5,12H2,1-2H3. The van der Waals surface area contributed by atoms with Crippen LogP contribution in [0.4, 0.5) is 11.4 Å². The number of methoxy groups -OCH3 is 1. The van der Waals surface area contributed by atoms with E-state index in [9.17, 15) is 13.2 Å². The van der Waals surface area contributed by atoms with Gasteiger partial charge in [-0.2, -0.15) is 0 Å². The van der Waals surface area contributed by atoms with E-state index in [1.165, 1.54) is 19.2 Å². The maximum atomic E-state index is 12.6. The van der Waals surface area contributed by atoms with Gasteiger partial charge in [0.15, 0.2) is 0 Å². The molecule has 7 heteroatoms. The van der Waals surface area contributed by atoms with Crippen LogP contribution >= 0.6 is 0 Å². The number of benzene rings is 2. The Kier molecular flexibility index (Phi) is 5.18. The Labute approximate surface area is 153 Å². The highest BCUT2D eigenvalue weighted by Gasteiger charge is 2.23. The predicted octanol–water partition coefficient (Wildman–Crippen LogP) is 3.19. The number of aryl methyl sites for hydroxylation is 1. The number of anilines is 2. The fraction of sp³-hybridized carbons (Fsp3) is 0.316. The van der Waals surface area contributed by atoms with Crippen molar-refractivity contribution >= 4 is 27.3 Å². The molecule has 2 aromatic rings. The SMILES string of the molecule is CCC(=O)N1CCCc2ccc(NS(=O)(=O)c3ccc(OC)cc3)cc21. The number of sulfonamides is 1. The van der Waals surface area contributed by atoms with Gasteiger partial charge in [0.25, 0.3) is 10.0 Å². The molecule has 2 aromatic carbocycles. The number of hydrogen-bond acceptors (Lipinski definition) is 4. The lowest BCUT2D eigenvalue weighted by Gasteiger charge is -2.29. The quantitative estimate of drug-likeness (QED) is 0.872. The summed E-state index contributed by atoms with van der Waals surface area (Å²) in [6.45, 7) is 2.49. The smallest absolute Gasteiger partial charge is 0.261 e. The molecule has 0 bridgehead atoms. The van der Waals surface area contributed by atoms with Crippen molar-refractivity contribution in [2.45, 2.75) is 31.1 Å². The van der Waals surface area contributed by atoms with Crippen molar-refractivity contribution in [3.8, 4) is 5.75 Å². The van der Waals surface area contributed by atoms with Crippen molar-refractivity contribution in [2.75, 3.05) is 23.3 Å². The zero-order valence-electron chi connectivity index (χ0n) is 14.9. The lowest BCUT2D eigenvalue weighted by molar-refractivity contribution is -0.118. The molecule has 0 fully saturated rings. The first-order chi connectivity index (χ1) is 12.4. The van der Waals surface area contributed by atoms with Crippen molar-refractivity contribution in [1.82, 2.24) is 0 Å². The fourth-order valence-corrected chi connectivity index (χ4v) is 4.11. The number of carbonyl (C=O) groups is 1. The van der Waals surface area contributed by atoms with Crippen molar-refractivity contribution in [3.05, 3.63) is 48.0 Å². The first-order valence-corrected chi connectivity index (χ1v) is 10.0. The van der Waals surface area contributed by atoms with Crippen LogP contribution in [0.1, 0.15) is 25.3 Å². The Morgan fingerprint density at radius 2 is 1.92 bits per heavy atom. The zero-order valence-corrected chi connectivity index (χ0v) is 15.7. The molecular weight excluding hydrogens is 352 g/mol. The Morgan fingerprint density at radius 3 is 2.58 bits per heavy atom. The van der Waals surface area contributed by atoms with Crippen molar-refractivity contribution in [3.63, 3.8) is 0 Å². The lowest BCUT2D eigenvalue weighted by atomic mass is 10.0. The molecule has 0 saturated heterocycles. The minimum atomic E-state index is -3.72. The van der Waals surface area contributed by atoms with Crippen molar-refractivity contribution in [1.29, 1.82) is 0 Å². The second-order valence-corrected chi connectivity index (χ2v) is 7.81. The molecule has 0 atom stereocenters. The average molecular weight is 374 g/mol. The van der Waals surface area contributed by atoms with Gasteiger partial charge in [0.1, 0.15) is 5.75 Å². The summed E-state index contributed by atoms with van der Waals surface area (Å²) in [4.78, 5) is 14.1. The topological polar surface area (TPSA) is 75.7 Å². The van der Waals surface area contributed by atoms with E-state index in [0.717, 1.165) is 24.1 Å². The van der Waals surface area contributed by atoms with Gasteiger partial charge in [0.2, 0.25) is 5.91 Å². The zero-order chi connectivity index (χ0) is 18.7. The molecule has 0 aromatic heterocycles. The van der Waals surface area contributed by atoms with Gasteiger partial charge in [-0.05, 0) is 54.8 Å². The van der Waals surface area contributed by atoms with Crippen molar-refractivity contribution in [2.24, 2.45) is 0 Å². The van der Waals surface area contributed by atoms with E-state index in [2.05, 4.69) is 4.72 Å². The van der Waals surface area contributed by atoms with Gasteiger partial charge in [-0.25, -0.2) is 8.42 Å². The molecule has 0 aliphatic carbocycles. The van der Waals surface area contributed by atoms with E-state index in [4.69, 9.17) is 4.74 Å². The summed E-state index contributed by atoms with van der Waals surface area (Å²) in [6, 6.07) is 11.5. The van der Waals surface area contributed by atoms with Crippen molar-refractivity contribution < 1.29 is 17.9 Å². The van der Waals surface area contributed by atoms with Gasteiger partial charge in [-0.15, -0.1) is 0 Å². The summed E-state index contributed by atoms with van der Waals surface area (Å²) in [7, 11) is -2.19. The van der Waals surface area contributed by atoms with E-state index < -0.39 is 10.0 Å². The minimum Gasteiger partial charge on any atom is -0.497 e. The van der Waals surface area contributed by atoms with Gasteiger partial charge in [-0.3, -0.25) is 9.52 Å². The van der Waals surface area contributed by atoms with E-state index in [1.54, 1.807) is 29.2 Å². The number of ether oxygens (including phenoxy) is 1. The van der Waals surface area contributed by atoms with Crippen LogP contribution < -0.4 is 14.4 Å². The molecule has 0 spiro atoms. The highest BCUT2D eigenvalue weighted by molar-refractivity contribution is 7.92. The monoisotopic (exact) mass is 374 g/mol. The first-order valence-electron chi connectivity index (χ1n) is 8.55. The lowest BCUT2D eigenvalue weighted by Crippen LogP contribution is -2.35. The Morgan fingerprint density at radius 1 is 1.19 bits per heavy atom. The molecule has 3 rings (SSSR count). The van der Waals surface area contributed by atoms with Crippen LogP contribution in [0.2, 0.25) is 0 Å². The van der Waals surface area contributed by atoms with Gasteiger partial charge in [-0.1, -0.05) is 13.0 Å². The van der Waals surface area contributed by atoms with Crippen LogP contribution in [-0.2, 0) is 21.2 Å². The summed E-state index contributed by atoms with van der Waals surface area (Å²) >= 11 is 0. The van der Waals surface area contributed by atoms with Crippen LogP contribution in [0.5, 0.6) is 5.75 Å². The minimum absolute atomic E-state index is 0.0427. The third-order valence-corrected chi connectivity index (χ3v) is 5.83. The van der Waals surface area contributed by atoms with E-state index in [-0.39, 0.29) is 10.8 Å². The molecule has 0 radical (unpaired) electrons. The summed E-state index contributed by atoms with van der Waals surface area (Å²) in [5, 5.41) is 0. The number of nitrogens with one attached hydrogen (secondary N) is 1. The third-order valence-electron chi connectivity index (χ3n) is 4.43. The van der Waals surface area contributed by atoms with Crippen LogP contribution in [0.3, 0.4) is 0 Å². The maximum absolute atomic E-state index is 12.6. The fourth-order valence-electron chi connectivity index (χ4n) is 3.06. The Hall–Kier alpha value is -2.54. The number of amides is 1. The molecule has 138 valence electrons. The maximum Gasteiger partial charge on any atom is 0.261 e. The normalized spacial score (nSPS) is 13.8. The van der Waals surface area contributed by atoms with Crippen LogP contribution in [-0.4, -0.2) is 28.0 Å². The Bertz CT molecular complexity index is 908. The Balaban J connectivity index is 1.89. The summed E-state index contributed by atoms with van der Waals surface area (Å²) in [5.41, 5.74) is 2.29. The largest absolute Gasteiger partial charge is 0.497 e. The van der Waals surface area contributed by atoms with Crippen LogP contribution in [0.25, 0.3) is 0 Å². The molecule has 1 amide bonds. The highest BCUT2D eigenvalue weighted by Crippen LogP contribution is 2.31. The number of nitrogens with zero attached hydrogens (tertiary/aromatic N) is 1. The molecule has 1 aliphatic heterocycles. The molecule has 1 aliphatic rings. The van der Waals surface area contributed by atoms with Gasteiger partial charge >= 0.3 is 0 Å². The number of carbonyl (C=O) groups excluding carboxylic acids is 1. The molecule has 1 N–H and O–H groups in total. The van der Waals surface area contributed by atoms with E-state index in [0.29, 0.717) is 24.4 Å². The highest BCUT2D eigenvalue weighted by atomic mass is 32.2. The molecule has 1 heterocycles. The summed E-state index contributed by atoms with van der Waals surface area (Å²) in [6.07, 6.45) is 2.21. The first kappa shape index (κ1) is 18.3. The van der Waals surface area contributed by atoms with E-state index >= 15 is 0 Å². The number of rotatable bonds is 5. The predicted molar refractivity (Wildman–Crippen MR) is 101 cm³/mol. The average Bonchev–Trinajstić information content (AvgIpc) is 2.66. The van der Waals surface area contributed by atoms with Crippen LogP contribution in [0, 0.1) is 0 Å². The molecule has 0 saturated carbocycles. The summed E-state index contributed by atoms with van der Waals surface area (Å²) in [5.74, 6) is 0.632. The number of fused-ring (bicyclic) bond motifs is 1. The molecule has 26 heavy (non-hydrogen) atoms. The third kappa shape index (κ3) is 3.67. The van der Waals surface area contributed by atoms with Gasteiger partial charge < -0.3 is 9.64 Å². The molecule has 0 unspecified atom stereocenters.